The molecule has 3 aromatic rings. The van der Waals surface area contributed by atoms with E-state index in [0.29, 0.717) is 11.9 Å². The maximum atomic E-state index is 11.2. The highest BCUT2D eigenvalue weighted by molar-refractivity contribution is 5.71. The largest absolute Gasteiger partial charge is 0.503 e. The average molecular weight is 464 g/mol. The van der Waals surface area contributed by atoms with Gasteiger partial charge in [-0.05, 0) is 80.0 Å². The molecule has 0 bridgehead atoms. The highest BCUT2D eigenvalue weighted by Gasteiger charge is 2.34. The number of anilines is 2. The lowest BCUT2D eigenvalue weighted by Gasteiger charge is -2.36. The second-order valence-corrected chi connectivity index (χ2v) is 9.08. The second kappa shape index (κ2) is 11.1. The lowest BCUT2D eigenvalue weighted by atomic mass is 9.74. The minimum absolute atomic E-state index is 0.348. The Morgan fingerprint density at radius 1 is 0.971 bits per heavy atom. The van der Waals surface area contributed by atoms with Gasteiger partial charge in [0.1, 0.15) is 0 Å². The van der Waals surface area contributed by atoms with Crippen LogP contribution in [0.5, 0.6) is 0 Å². The van der Waals surface area contributed by atoms with Crippen LogP contribution in [0.25, 0.3) is 11.1 Å². The summed E-state index contributed by atoms with van der Waals surface area (Å²) < 4.78 is 0. The van der Waals surface area contributed by atoms with Gasteiger partial charge < -0.3 is 20.6 Å². The molecular weight excluding hydrogens is 430 g/mol. The van der Waals surface area contributed by atoms with Gasteiger partial charge in [-0.15, -0.1) is 0 Å². The van der Waals surface area contributed by atoms with Gasteiger partial charge in [0.15, 0.2) is 0 Å². The van der Waals surface area contributed by atoms with Gasteiger partial charge in [-0.1, -0.05) is 49.6 Å². The molecule has 2 aromatic carbocycles. The molecule has 4 rings (SSSR count). The Morgan fingerprint density at radius 3 is 2.24 bits per heavy atom. The molecule has 0 saturated heterocycles. The summed E-state index contributed by atoms with van der Waals surface area (Å²) >= 11 is 0. The number of nitrogens with one attached hydrogen (secondary N) is 1. The molecule has 1 aliphatic rings. The molecule has 1 fully saturated rings. The van der Waals surface area contributed by atoms with Crippen LogP contribution in [0.4, 0.5) is 16.4 Å². The van der Waals surface area contributed by atoms with E-state index >= 15 is 0 Å². The maximum absolute atomic E-state index is 11.2. The van der Waals surface area contributed by atoms with E-state index in [1.807, 2.05) is 19.9 Å². The van der Waals surface area contributed by atoms with Gasteiger partial charge >= 0.3 is 6.16 Å². The summed E-state index contributed by atoms with van der Waals surface area (Å²) in [5.74, 6) is 0.951. The maximum Gasteiger partial charge on any atom is 0.503 e. The number of nitrogens with zero attached hydrogens (tertiary/aromatic N) is 2. The van der Waals surface area contributed by atoms with Crippen LogP contribution in [-0.2, 0) is 5.60 Å². The normalized spacial score (nSPS) is 15.5. The zero-order chi connectivity index (χ0) is 24.7. The molecule has 34 heavy (non-hydrogen) atoms. The van der Waals surface area contributed by atoms with E-state index in [2.05, 4.69) is 64.7 Å². The smallest absolute Gasteiger partial charge is 0.450 e. The van der Waals surface area contributed by atoms with Crippen LogP contribution in [0.3, 0.4) is 0 Å². The SMILES string of the molecule is Cc1cc(Nc2nccc(C)n2)cc(-c2ccc([C@](C)(O)C3CCCCC3)cc2)c1.O=C(O)O. The molecule has 0 aliphatic heterocycles. The predicted octanol–water partition coefficient (Wildman–Crippen LogP) is 6.51. The van der Waals surface area contributed by atoms with Crippen LogP contribution >= 0.6 is 0 Å². The van der Waals surface area contributed by atoms with Crippen molar-refractivity contribution in [3.8, 4) is 11.1 Å². The molecule has 1 atom stereocenters. The van der Waals surface area contributed by atoms with Crippen molar-refractivity contribution in [2.75, 3.05) is 5.32 Å². The molecule has 180 valence electrons. The van der Waals surface area contributed by atoms with Gasteiger partial charge in [0.25, 0.3) is 0 Å². The quantitative estimate of drug-likeness (QED) is 0.341. The van der Waals surface area contributed by atoms with E-state index in [-0.39, 0.29) is 0 Å². The molecule has 4 N–H and O–H groups in total. The first-order valence-electron chi connectivity index (χ1n) is 11.6. The van der Waals surface area contributed by atoms with E-state index in [0.717, 1.165) is 40.9 Å². The monoisotopic (exact) mass is 463 g/mol. The Morgan fingerprint density at radius 2 is 1.62 bits per heavy atom. The number of hydrogen-bond donors (Lipinski definition) is 4. The van der Waals surface area contributed by atoms with Crippen LogP contribution in [-0.4, -0.2) is 31.4 Å². The first-order valence-corrected chi connectivity index (χ1v) is 11.6. The van der Waals surface area contributed by atoms with Crippen molar-refractivity contribution >= 4 is 17.8 Å². The molecule has 7 heteroatoms. The summed E-state index contributed by atoms with van der Waals surface area (Å²) in [5.41, 5.74) is 5.58. The van der Waals surface area contributed by atoms with Crippen LogP contribution < -0.4 is 5.32 Å². The Kier molecular flexibility index (Phi) is 8.23. The van der Waals surface area contributed by atoms with Crippen molar-refractivity contribution in [2.24, 2.45) is 5.92 Å². The number of carbonyl (C=O) groups is 1. The van der Waals surface area contributed by atoms with Gasteiger partial charge in [0.05, 0.1) is 5.60 Å². The molecule has 1 aliphatic carbocycles. The van der Waals surface area contributed by atoms with Crippen molar-refractivity contribution in [3.05, 3.63) is 71.5 Å². The molecule has 0 amide bonds. The number of aryl methyl sites for hydroxylation is 2. The molecular formula is C27H33N3O4. The minimum atomic E-state index is -1.83. The summed E-state index contributed by atoms with van der Waals surface area (Å²) in [7, 11) is 0. The third kappa shape index (κ3) is 6.78. The molecule has 0 unspecified atom stereocenters. The van der Waals surface area contributed by atoms with Gasteiger partial charge in [-0.2, -0.15) is 0 Å². The molecule has 1 aromatic heterocycles. The number of benzene rings is 2. The van der Waals surface area contributed by atoms with E-state index < -0.39 is 11.8 Å². The second-order valence-electron chi connectivity index (χ2n) is 9.08. The fraction of sp³-hybridized carbons (Fsp3) is 0.370. The molecule has 1 saturated carbocycles. The van der Waals surface area contributed by atoms with E-state index in [9.17, 15) is 5.11 Å². The summed E-state index contributed by atoms with van der Waals surface area (Å²) in [5, 5.41) is 28.5. The van der Waals surface area contributed by atoms with Crippen molar-refractivity contribution in [1.29, 1.82) is 0 Å². The lowest BCUT2D eigenvalue weighted by molar-refractivity contribution is -0.0215. The highest BCUT2D eigenvalue weighted by Crippen LogP contribution is 2.39. The minimum Gasteiger partial charge on any atom is -0.450 e. The Hall–Kier alpha value is -3.45. The number of hydrogen-bond acceptors (Lipinski definition) is 5. The van der Waals surface area contributed by atoms with Crippen molar-refractivity contribution in [3.63, 3.8) is 0 Å². The Labute approximate surface area is 200 Å². The summed E-state index contributed by atoms with van der Waals surface area (Å²) in [4.78, 5) is 17.3. The number of carboxylic acid groups (broad SMARTS) is 2. The van der Waals surface area contributed by atoms with Gasteiger partial charge in [0, 0.05) is 17.6 Å². The number of aromatic nitrogens is 2. The average Bonchev–Trinajstić information content (AvgIpc) is 2.79. The summed E-state index contributed by atoms with van der Waals surface area (Å²) in [6.07, 6.45) is 5.90. The Bertz CT molecular complexity index is 1100. The van der Waals surface area contributed by atoms with E-state index in [1.54, 1.807) is 6.20 Å². The van der Waals surface area contributed by atoms with E-state index in [4.69, 9.17) is 15.0 Å². The fourth-order valence-electron chi connectivity index (χ4n) is 4.56. The number of rotatable bonds is 5. The van der Waals surface area contributed by atoms with Crippen molar-refractivity contribution in [1.82, 2.24) is 9.97 Å². The standard InChI is InChI=1S/C26H31N3O.CH2O3/c1-18-15-21(17-24(16-18)29-25-27-14-13-19(2)28-25)20-9-11-23(12-10-20)26(3,30)22-7-5-4-6-8-22;2-1(3)4/h9-17,22,30H,4-8H2,1-3H3,(H,27,28,29);(H2,2,3,4)/t26-;/m1./s1. The fourth-order valence-corrected chi connectivity index (χ4v) is 4.56. The third-order valence-corrected chi connectivity index (χ3v) is 6.33. The first kappa shape index (κ1) is 25.2. The van der Waals surface area contributed by atoms with Gasteiger partial charge in [-0.3, -0.25) is 0 Å². The zero-order valence-electron chi connectivity index (χ0n) is 20.0. The third-order valence-electron chi connectivity index (χ3n) is 6.33. The summed E-state index contributed by atoms with van der Waals surface area (Å²) in [6.45, 7) is 6.03. The van der Waals surface area contributed by atoms with Crippen LogP contribution in [0, 0.1) is 19.8 Å². The molecule has 1 heterocycles. The predicted molar refractivity (Wildman–Crippen MR) is 133 cm³/mol. The lowest BCUT2D eigenvalue weighted by Crippen LogP contribution is -2.33. The molecule has 0 spiro atoms. The van der Waals surface area contributed by atoms with Crippen LogP contribution in [0.2, 0.25) is 0 Å². The van der Waals surface area contributed by atoms with Crippen LogP contribution in [0.1, 0.15) is 55.8 Å². The van der Waals surface area contributed by atoms with Gasteiger partial charge in [0.2, 0.25) is 5.95 Å². The van der Waals surface area contributed by atoms with Gasteiger partial charge in [-0.25, -0.2) is 14.8 Å². The van der Waals surface area contributed by atoms with Crippen molar-refractivity contribution in [2.45, 2.75) is 58.5 Å². The van der Waals surface area contributed by atoms with Crippen molar-refractivity contribution < 1.29 is 20.1 Å². The molecule has 0 radical (unpaired) electrons. The Balaban J connectivity index is 0.000000751. The highest BCUT2D eigenvalue weighted by atomic mass is 16.6. The zero-order valence-corrected chi connectivity index (χ0v) is 20.0. The first-order chi connectivity index (χ1) is 16.1. The van der Waals surface area contributed by atoms with Crippen LogP contribution in [0.15, 0.2) is 54.7 Å². The summed E-state index contributed by atoms with van der Waals surface area (Å²) in [6, 6.07) is 16.7. The number of aliphatic hydroxyl groups is 1. The van der Waals surface area contributed by atoms with E-state index in [1.165, 1.54) is 24.8 Å². The topological polar surface area (TPSA) is 116 Å². The molecule has 7 nitrogen and oxygen atoms in total.